The smallest absolute Gasteiger partial charge is 0.328 e. The van der Waals surface area contributed by atoms with Crippen LogP contribution in [0.25, 0.3) is 0 Å². The van der Waals surface area contributed by atoms with Gasteiger partial charge < -0.3 is 15.8 Å². The summed E-state index contributed by atoms with van der Waals surface area (Å²) >= 11 is 1.09. The van der Waals surface area contributed by atoms with E-state index in [1.54, 1.807) is 13.8 Å². The minimum absolute atomic E-state index is 0.327. The fraction of sp³-hybridized carbons (Fsp3) is 0.444. The Morgan fingerprint density at radius 2 is 2.19 bits per heavy atom. The highest BCUT2D eigenvalue weighted by atomic mass is 32.1. The minimum atomic E-state index is -0.694. The highest BCUT2D eigenvalue weighted by molar-refractivity contribution is 7.17. The number of amides is 1. The van der Waals surface area contributed by atoms with E-state index in [-0.39, 0.29) is 5.91 Å². The molecule has 1 amide bonds. The third-order valence-electron chi connectivity index (χ3n) is 1.92. The van der Waals surface area contributed by atoms with E-state index in [1.165, 1.54) is 7.11 Å². The number of hydrogen-bond donors (Lipinski definition) is 2. The fourth-order valence-electron chi connectivity index (χ4n) is 1.13. The highest BCUT2D eigenvalue weighted by Gasteiger charge is 2.20. The summed E-state index contributed by atoms with van der Waals surface area (Å²) in [6, 6.07) is -0.694. The number of carbonyl (C=O) groups excluding carboxylic acids is 2. The second-order valence-electron chi connectivity index (χ2n) is 3.18. The number of carbonyl (C=O) groups is 2. The van der Waals surface area contributed by atoms with Gasteiger partial charge in [-0.15, -0.1) is 0 Å². The van der Waals surface area contributed by atoms with Crippen LogP contribution in [0.2, 0.25) is 0 Å². The molecule has 0 saturated heterocycles. The Balaban J connectivity index is 2.73. The van der Waals surface area contributed by atoms with Crippen LogP contribution in [0.5, 0.6) is 0 Å². The molecule has 0 aliphatic rings. The fourth-order valence-corrected chi connectivity index (χ4v) is 1.86. The number of aromatic nitrogens is 1. The SMILES string of the molecule is COC(=O)C(C)NC(=O)c1sc(N)nc1C. The normalized spacial score (nSPS) is 11.9. The number of aryl methyl sites for hydroxylation is 1. The molecule has 88 valence electrons. The van der Waals surface area contributed by atoms with Crippen LogP contribution >= 0.6 is 11.3 Å². The molecule has 0 radical (unpaired) electrons. The Labute approximate surface area is 96.8 Å². The largest absolute Gasteiger partial charge is 0.467 e. The van der Waals surface area contributed by atoms with Crippen molar-refractivity contribution in [2.45, 2.75) is 19.9 Å². The number of nitrogen functional groups attached to an aromatic ring is 1. The number of nitrogens with zero attached hydrogens (tertiary/aromatic N) is 1. The van der Waals surface area contributed by atoms with Crippen molar-refractivity contribution in [3.8, 4) is 0 Å². The molecule has 1 aromatic heterocycles. The van der Waals surface area contributed by atoms with Gasteiger partial charge in [0.15, 0.2) is 5.13 Å². The molecule has 0 aromatic carbocycles. The quantitative estimate of drug-likeness (QED) is 0.746. The maximum absolute atomic E-state index is 11.7. The van der Waals surface area contributed by atoms with Gasteiger partial charge in [-0.3, -0.25) is 4.79 Å². The molecule has 0 aliphatic heterocycles. The molecule has 1 atom stereocenters. The molecular weight excluding hydrogens is 230 g/mol. The number of methoxy groups -OCH3 is 1. The first-order valence-electron chi connectivity index (χ1n) is 4.57. The zero-order chi connectivity index (χ0) is 12.3. The monoisotopic (exact) mass is 243 g/mol. The summed E-state index contributed by atoms with van der Waals surface area (Å²) in [5.74, 6) is -0.868. The van der Waals surface area contributed by atoms with E-state index in [0.717, 1.165) is 11.3 Å². The van der Waals surface area contributed by atoms with E-state index in [1.807, 2.05) is 0 Å². The number of rotatable bonds is 3. The standard InChI is InChI=1S/C9H13N3O3S/c1-4-6(16-9(10)12-4)7(13)11-5(2)8(14)15-3/h5H,1-3H3,(H2,10,12)(H,11,13). The van der Waals surface area contributed by atoms with E-state index in [0.29, 0.717) is 15.7 Å². The maximum atomic E-state index is 11.7. The summed E-state index contributed by atoms with van der Waals surface area (Å²) < 4.78 is 4.49. The van der Waals surface area contributed by atoms with E-state index >= 15 is 0 Å². The Morgan fingerprint density at radius 3 is 2.62 bits per heavy atom. The van der Waals surface area contributed by atoms with Gasteiger partial charge in [-0.1, -0.05) is 11.3 Å². The Morgan fingerprint density at radius 1 is 1.56 bits per heavy atom. The molecule has 1 rings (SSSR count). The van der Waals surface area contributed by atoms with Crippen LogP contribution in [0.4, 0.5) is 5.13 Å². The van der Waals surface area contributed by atoms with Gasteiger partial charge in [0.1, 0.15) is 10.9 Å². The van der Waals surface area contributed by atoms with Gasteiger partial charge in [0.05, 0.1) is 12.8 Å². The molecule has 0 fully saturated rings. The van der Waals surface area contributed by atoms with Gasteiger partial charge >= 0.3 is 5.97 Å². The topological polar surface area (TPSA) is 94.3 Å². The molecule has 1 aromatic rings. The first kappa shape index (κ1) is 12.4. The van der Waals surface area contributed by atoms with Gasteiger partial charge in [0, 0.05) is 0 Å². The summed E-state index contributed by atoms with van der Waals surface area (Å²) in [5, 5.41) is 2.83. The molecular formula is C9H13N3O3S. The van der Waals surface area contributed by atoms with E-state index in [2.05, 4.69) is 15.0 Å². The predicted molar refractivity (Wildman–Crippen MR) is 60.2 cm³/mol. The molecule has 0 bridgehead atoms. The van der Waals surface area contributed by atoms with E-state index in [4.69, 9.17) is 5.73 Å². The van der Waals surface area contributed by atoms with Crippen molar-refractivity contribution in [3.05, 3.63) is 10.6 Å². The lowest BCUT2D eigenvalue weighted by molar-refractivity contribution is -0.142. The Kier molecular flexibility index (Phi) is 3.83. The average molecular weight is 243 g/mol. The number of thiazole rings is 1. The molecule has 3 N–H and O–H groups in total. The van der Waals surface area contributed by atoms with Crippen LogP contribution in [-0.2, 0) is 9.53 Å². The summed E-state index contributed by atoms with van der Waals surface area (Å²) in [6.45, 7) is 3.23. The Hall–Kier alpha value is -1.63. The van der Waals surface area contributed by atoms with Crippen molar-refractivity contribution in [2.24, 2.45) is 0 Å². The van der Waals surface area contributed by atoms with Crippen molar-refractivity contribution >= 4 is 28.3 Å². The molecule has 7 heteroatoms. The van der Waals surface area contributed by atoms with E-state index < -0.39 is 12.0 Å². The van der Waals surface area contributed by atoms with Gasteiger partial charge in [-0.25, -0.2) is 9.78 Å². The molecule has 16 heavy (non-hydrogen) atoms. The highest BCUT2D eigenvalue weighted by Crippen LogP contribution is 2.19. The maximum Gasteiger partial charge on any atom is 0.328 e. The summed E-state index contributed by atoms with van der Waals surface area (Å²) in [7, 11) is 1.26. The number of ether oxygens (including phenoxy) is 1. The van der Waals surface area contributed by atoms with Crippen LogP contribution in [0.3, 0.4) is 0 Å². The zero-order valence-electron chi connectivity index (χ0n) is 9.23. The Bertz CT molecular complexity index is 416. The number of anilines is 1. The lowest BCUT2D eigenvalue weighted by Gasteiger charge is -2.10. The van der Waals surface area contributed by atoms with Gasteiger partial charge in [-0.2, -0.15) is 0 Å². The predicted octanol–water partition coefficient (Wildman–Crippen LogP) is 0.325. The molecule has 0 spiro atoms. The number of nitrogens with one attached hydrogen (secondary N) is 1. The van der Waals surface area contributed by atoms with E-state index in [9.17, 15) is 9.59 Å². The zero-order valence-corrected chi connectivity index (χ0v) is 10.1. The van der Waals surface area contributed by atoms with Crippen LogP contribution in [0.1, 0.15) is 22.3 Å². The first-order chi connectivity index (χ1) is 7.45. The first-order valence-corrected chi connectivity index (χ1v) is 5.39. The molecule has 1 heterocycles. The van der Waals surface area contributed by atoms with Crippen molar-refractivity contribution in [1.82, 2.24) is 10.3 Å². The van der Waals surface area contributed by atoms with Crippen molar-refractivity contribution < 1.29 is 14.3 Å². The van der Waals surface area contributed by atoms with Crippen molar-refractivity contribution in [2.75, 3.05) is 12.8 Å². The van der Waals surface area contributed by atoms with Crippen molar-refractivity contribution in [1.29, 1.82) is 0 Å². The molecule has 0 saturated carbocycles. The number of hydrogen-bond acceptors (Lipinski definition) is 6. The second kappa shape index (κ2) is 4.93. The third kappa shape index (κ3) is 2.69. The van der Waals surface area contributed by atoms with Crippen LogP contribution in [-0.4, -0.2) is 30.0 Å². The van der Waals surface area contributed by atoms with Gasteiger partial charge in [-0.05, 0) is 13.8 Å². The van der Waals surface area contributed by atoms with Crippen molar-refractivity contribution in [3.63, 3.8) is 0 Å². The van der Waals surface area contributed by atoms with Crippen LogP contribution in [0.15, 0.2) is 0 Å². The van der Waals surface area contributed by atoms with Gasteiger partial charge in [0.2, 0.25) is 0 Å². The number of nitrogens with two attached hydrogens (primary N) is 1. The van der Waals surface area contributed by atoms with Crippen LogP contribution in [0, 0.1) is 6.92 Å². The van der Waals surface area contributed by atoms with Crippen LogP contribution < -0.4 is 11.1 Å². The summed E-state index contributed by atoms with van der Waals surface area (Å²) in [6.07, 6.45) is 0. The minimum Gasteiger partial charge on any atom is -0.467 e. The lowest BCUT2D eigenvalue weighted by atomic mass is 10.3. The molecule has 6 nitrogen and oxygen atoms in total. The third-order valence-corrected chi connectivity index (χ3v) is 2.91. The lowest BCUT2D eigenvalue weighted by Crippen LogP contribution is -2.39. The molecule has 1 unspecified atom stereocenters. The van der Waals surface area contributed by atoms with Gasteiger partial charge in [0.25, 0.3) is 5.91 Å². The molecule has 0 aliphatic carbocycles. The number of esters is 1. The average Bonchev–Trinajstić information content (AvgIpc) is 2.56. The summed E-state index contributed by atoms with van der Waals surface area (Å²) in [5.41, 5.74) is 6.02. The summed E-state index contributed by atoms with van der Waals surface area (Å²) in [4.78, 5) is 27.1. The second-order valence-corrected chi connectivity index (χ2v) is 4.22.